The Bertz CT molecular complexity index is 1330. The number of ether oxygens (including phenoxy) is 1. The van der Waals surface area contributed by atoms with E-state index in [1.165, 1.54) is 12.2 Å². The van der Waals surface area contributed by atoms with Crippen LogP contribution in [-0.2, 0) is 40.1 Å². The molecule has 2 atom stereocenters. The predicted molar refractivity (Wildman–Crippen MR) is 182 cm³/mol. The van der Waals surface area contributed by atoms with Crippen LogP contribution in [0.2, 0.25) is 0 Å². The third kappa shape index (κ3) is 13.4. The van der Waals surface area contributed by atoms with Crippen LogP contribution in [0.4, 0.5) is 10.5 Å². The molecule has 0 fully saturated rings. The Morgan fingerprint density at radius 3 is 2.15 bits per heavy atom. The number of unbranched alkanes of at least 4 members (excludes halogenated alkanes) is 2. The smallest absolute Gasteiger partial charge is 0.312 e. The molecular weight excluding hydrogens is 640 g/mol. The van der Waals surface area contributed by atoms with Gasteiger partial charge in [0.15, 0.2) is 0 Å². The molecule has 1 aromatic carbocycles. The first-order valence-electron chi connectivity index (χ1n) is 16.0. The summed E-state index contributed by atoms with van der Waals surface area (Å²) in [5.41, 5.74) is 5.58. The molecule has 264 valence electrons. The van der Waals surface area contributed by atoms with E-state index in [0.717, 1.165) is 4.90 Å². The van der Waals surface area contributed by atoms with Crippen LogP contribution in [0.15, 0.2) is 36.4 Å². The van der Waals surface area contributed by atoms with E-state index in [2.05, 4.69) is 33.9 Å². The van der Waals surface area contributed by atoms with Crippen molar-refractivity contribution in [3.8, 4) is 0 Å². The largest absolute Gasteiger partial charge is 0.460 e. The number of hydrogen-bond acceptors (Lipinski definition) is 9. The second-order valence-corrected chi connectivity index (χ2v) is 12.9. The summed E-state index contributed by atoms with van der Waals surface area (Å²) in [5, 5.41) is 10.7. The zero-order valence-corrected chi connectivity index (χ0v) is 28.9. The van der Waals surface area contributed by atoms with Crippen LogP contribution >= 0.6 is 12.6 Å². The number of anilines is 1. The minimum atomic E-state index is -1.00. The summed E-state index contributed by atoms with van der Waals surface area (Å²) in [6, 6.07) is 4.07. The highest BCUT2D eigenvalue weighted by Crippen LogP contribution is 2.20. The average molecular weight is 689 g/mol. The molecule has 6 N–H and O–H groups in total. The molecule has 1 aromatic rings. The van der Waals surface area contributed by atoms with Gasteiger partial charge in [0.05, 0.1) is 5.41 Å². The fourth-order valence-electron chi connectivity index (χ4n) is 4.53. The van der Waals surface area contributed by atoms with Crippen LogP contribution in [0.25, 0.3) is 0 Å². The summed E-state index contributed by atoms with van der Waals surface area (Å²) in [7, 11) is 0. The van der Waals surface area contributed by atoms with Crippen molar-refractivity contribution < 1.29 is 38.3 Å². The number of urea groups is 1. The molecule has 2 rings (SSSR count). The summed E-state index contributed by atoms with van der Waals surface area (Å²) in [6.45, 7) is 7.54. The third-order valence-corrected chi connectivity index (χ3v) is 8.38. The third-order valence-electron chi connectivity index (χ3n) is 7.59. The number of nitrogens with two attached hydrogens (primary N) is 1. The highest BCUT2D eigenvalue weighted by molar-refractivity contribution is 7.80. The lowest BCUT2D eigenvalue weighted by atomic mass is 9.97. The van der Waals surface area contributed by atoms with Crippen LogP contribution in [0.1, 0.15) is 71.8 Å². The highest BCUT2D eigenvalue weighted by Gasteiger charge is 2.30. The van der Waals surface area contributed by atoms with Gasteiger partial charge in [-0.25, -0.2) is 4.79 Å². The number of amides is 7. The van der Waals surface area contributed by atoms with Gasteiger partial charge in [-0.1, -0.05) is 32.4 Å². The maximum atomic E-state index is 13.4. The molecule has 0 unspecified atom stereocenters. The molecule has 0 saturated carbocycles. The molecule has 15 heteroatoms. The van der Waals surface area contributed by atoms with Crippen LogP contribution in [0.3, 0.4) is 0 Å². The lowest BCUT2D eigenvalue weighted by Crippen LogP contribution is -2.54. The van der Waals surface area contributed by atoms with E-state index in [-0.39, 0.29) is 62.1 Å². The van der Waals surface area contributed by atoms with Crippen molar-refractivity contribution in [3.63, 3.8) is 0 Å². The van der Waals surface area contributed by atoms with E-state index in [0.29, 0.717) is 42.7 Å². The summed E-state index contributed by atoms with van der Waals surface area (Å²) < 4.78 is 5.37. The van der Waals surface area contributed by atoms with E-state index >= 15 is 0 Å². The summed E-state index contributed by atoms with van der Waals surface area (Å²) in [5.74, 6) is -2.41. The van der Waals surface area contributed by atoms with Gasteiger partial charge < -0.3 is 31.7 Å². The van der Waals surface area contributed by atoms with Crippen LogP contribution < -0.4 is 27.0 Å². The Morgan fingerprint density at radius 1 is 0.917 bits per heavy atom. The first kappa shape index (κ1) is 39.8. The average Bonchev–Trinajstić information content (AvgIpc) is 3.36. The lowest BCUT2D eigenvalue weighted by molar-refractivity contribution is -0.154. The van der Waals surface area contributed by atoms with Gasteiger partial charge in [-0.3, -0.25) is 33.7 Å². The zero-order chi connectivity index (χ0) is 35.9. The fourth-order valence-corrected chi connectivity index (χ4v) is 4.66. The van der Waals surface area contributed by atoms with Crippen molar-refractivity contribution in [3.05, 3.63) is 42.0 Å². The van der Waals surface area contributed by atoms with Gasteiger partial charge in [0.25, 0.3) is 11.8 Å². The van der Waals surface area contributed by atoms with E-state index in [1.54, 1.807) is 52.0 Å². The molecule has 1 aliphatic rings. The zero-order valence-electron chi connectivity index (χ0n) is 28.0. The molecule has 0 saturated heterocycles. The van der Waals surface area contributed by atoms with E-state index in [9.17, 15) is 33.6 Å². The normalized spacial score (nSPS) is 14.0. The number of benzene rings is 1. The molecule has 1 aliphatic heterocycles. The number of imide groups is 1. The quantitative estimate of drug-likeness (QED) is 0.0517. The van der Waals surface area contributed by atoms with Crippen molar-refractivity contribution >= 4 is 59.9 Å². The van der Waals surface area contributed by atoms with Gasteiger partial charge in [0.1, 0.15) is 18.7 Å². The Balaban J connectivity index is 1.96. The van der Waals surface area contributed by atoms with Crippen LogP contribution in [0, 0.1) is 11.3 Å². The number of nitrogens with one attached hydrogen (secondary N) is 4. The Morgan fingerprint density at radius 2 is 1.56 bits per heavy atom. The maximum absolute atomic E-state index is 13.4. The van der Waals surface area contributed by atoms with E-state index in [4.69, 9.17) is 10.5 Å². The second-order valence-electron chi connectivity index (χ2n) is 12.6. The number of carbonyl (C=O) groups excluding carboxylic acids is 7. The van der Waals surface area contributed by atoms with Crippen molar-refractivity contribution in [1.82, 2.24) is 20.9 Å². The van der Waals surface area contributed by atoms with Crippen molar-refractivity contribution in [1.29, 1.82) is 0 Å². The number of hydrogen-bond donors (Lipinski definition) is 6. The van der Waals surface area contributed by atoms with Gasteiger partial charge in [0, 0.05) is 43.1 Å². The molecule has 0 aliphatic carbocycles. The van der Waals surface area contributed by atoms with Crippen LogP contribution in [-0.4, -0.2) is 77.4 Å². The van der Waals surface area contributed by atoms with Crippen molar-refractivity contribution in [2.75, 3.05) is 24.2 Å². The number of esters is 1. The summed E-state index contributed by atoms with van der Waals surface area (Å²) >= 11 is 4.18. The SMILES string of the molecule is CC(C)[C@H](NC(=O)CCCCCN1C(=O)C=CC1=O)C(=O)N[C@@H](CCCNC(N)=O)C(=O)Nc1ccc(COC(=O)C(C)(C)CS)cc1. The van der Waals surface area contributed by atoms with Gasteiger partial charge in [-0.05, 0) is 63.1 Å². The Labute approximate surface area is 286 Å². The molecule has 14 nitrogen and oxygen atoms in total. The van der Waals surface area contributed by atoms with Gasteiger partial charge in [0.2, 0.25) is 17.7 Å². The molecule has 48 heavy (non-hydrogen) atoms. The Kier molecular flexibility index (Phi) is 16.1. The molecule has 7 amide bonds. The standard InChI is InChI=1S/C33H48N6O8S/c1-21(2)28(38-25(40)10-6-5-7-18-39-26(41)15-16-27(39)42)30(44)37-24(9-8-17-35-32(34)46)29(43)36-23-13-11-22(12-14-23)19-47-31(45)33(3,4)20-48/h11-16,21,24,28,48H,5-10,17-20H2,1-4H3,(H,36,43)(H,37,44)(H,38,40)(H3,34,35,46)/t24-,28-/m0/s1. The summed E-state index contributed by atoms with van der Waals surface area (Å²) in [6.07, 6.45) is 4.74. The minimum Gasteiger partial charge on any atom is -0.460 e. The van der Waals surface area contributed by atoms with E-state index in [1.807, 2.05) is 0 Å². The molecule has 0 bridgehead atoms. The Hall–Kier alpha value is -4.40. The molecule has 1 heterocycles. The van der Waals surface area contributed by atoms with Crippen LogP contribution in [0.5, 0.6) is 0 Å². The number of primary amides is 1. The number of rotatable bonds is 20. The molecule has 0 aromatic heterocycles. The number of carbonyl (C=O) groups is 7. The molecule has 0 spiro atoms. The number of nitrogens with zero attached hydrogens (tertiary/aromatic N) is 1. The summed E-state index contributed by atoms with van der Waals surface area (Å²) in [4.78, 5) is 87.2. The topological polar surface area (TPSA) is 206 Å². The predicted octanol–water partition coefficient (Wildman–Crippen LogP) is 2.18. The highest BCUT2D eigenvalue weighted by atomic mass is 32.1. The molecular formula is C33H48N6O8S. The van der Waals surface area contributed by atoms with E-state index < -0.39 is 35.3 Å². The maximum Gasteiger partial charge on any atom is 0.312 e. The first-order valence-corrected chi connectivity index (χ1v) is 16.6. The lowest BCUT2D eigenvalue weighted by Gasteiger charge is -2.25. The van der Waals surface area contributed by atoms with Gasteiger partial charge >= 0.3 is 12.0 Å². The molecule has 0 radical (unpaired) electrons. The van der Waals surface area contributed by atoms with Crippen molar-refractivity contribution in [2.24, 2.45) is 17.1 Å². The second kappa shape index (κ2) is 19.4. The fraction of sp³-hybridized carbons (Fsp3) is 0.545. The number of thiol groups is 1. The van der Waals surface area contributed by atoms with Gasteiger partial charge in [-0.2, -0.15) is 12.6 Å². The van der Waals surface area contributed by atoms with Gasteiger partial charge in [-0.15, -0.1) is 0 Å². The minimum absolute atomic E-state index is 0.0520. The monoisotopic (exact) mass is 688 g/mol. The van der Waals surface area contributed by atoms with Crippen molar-refractivity contribution in [2.45, 2.75) is 84.9 Å². The first-order chi connectivity index (χ1) is 22.6.